The lowest BCUT2D eigenvalue weighted by atomic mass is 9.95. The van der Waals surface area contributed by atoms with Crippen LogP contribution >= 0.6 is 11.3 Å². The maximum atomic E-state index is 12.1. The van der Waals surface area contributed by atoms with Crippen molar-refractivity contribution in [2.75, 3.05) is 0 Å². The smallest absolute Gasteiger partial charge is 0.269 e. The van der Waals surface area contributed by atoms with Gasteiger partial charge < -0.3 is 5.32 Å². The van der Waals surface area contributed by atoms with Crippen LogP contribution in [0.25, 0.3) is 4.96 Å². The van der Waals surface area contributed by atoms with Crippen LogP contribution < -0.4 is 5.32 Å². The molecule has 90 valence electrons. The Morgan fingerprint density at radius 1 is 1.41 bits per heavy atom. The Hall–Kier alpha value is -1.36. The van der Waals surface area contributed by atoms with Crippen LogP contribution in [0.15, 0.2) is 17.8 Å². The summed E-state index contributed by atoms with van der Waals surface area (Å²) >= 11 is 1.50. The van der Waals surface area contributed by atoms with Crippen molar-refractivity contribution in [3.63, 3.8) is 0 Å². The summed E-state index contributed by atoms with van der Waals surface area (Å²) in [5, 5.41) is 5.00. The number of imidazole rings is 1. The largest absolute Gasteiger partial charge is 0.348 e. The molecule has 2 aromatic heterocycles. The van der Waals surface area contributed by atoms with Crippen molar-refractivity contribution in [3.8, 4) is 0 Å². The lowest BCUT2D eigenvalue weighted by molar-refractivity contribution is 0.0922. The molecule has 0 atom stereocenters. The van der Waals surface area contributed by atoms with Gasteiger partial charge in [-0.2, -0.15) is 0 Å². The summed E-state index contributed by atoms with van der Waals surface area (Å²) in [6.45, 7) is 0. The SMILES string of the molecule is O=C(NC1CCCCC1)c1csc2nccn12. The molecule has 0 unspecified atom stereocenters. The van der Waals surface area contributed by atoms with Crippen LogP contribution in [0.1, 0.15) is 42.6 Å². The van der Waals surface area contributed by atoms with Gasteiger partial charge in [0.15, 0.2) is 4.96 Å². The Morgan fingerprint density at radius 3 is 3.06 bits per heavy atom. The second-order valence-electron chi connectivity index (χ2n) is 4.51. The summed E-state index contributed by atoms with van der Waals surface area (Å²) in [7, 11) is 0. The molecule has 0 radical (unpaired) electrons. The summed E-state index contributed by atoms with van der Waals surface area (Å²) in [6, 6.07) is 0.356. The molecule has 0 aromatic carbocycles. The Morgan fingerprint density at radius 2 is 2.24 bits per heavy atom. The molecular formula is C12H15N3OS. The molecule has 3 rings (SSSR count). The molecule has 2 aromatic rings. The van der Waals surface area contributed by atoms with Crippen molar-refractivity contribution in [3.05, 3.63) is 23.5 Å². The summed E-state index contributed by atoms with van der Waals surface area (Å²) < 4.78 is 1.85. The Bertz CT molecular complexity index is 525. The first-order valence-corrected chi connectivity index (χ1v) is 6.94. The van der Waals surface area contributed by atoms with Crippen LogP contribution in [0.3, 0.4) is 0 Å². The minimum atomic E-state index is 0.0288. The minimum absolute atomic E-state index is 0.0288. The van der Waals surface area contributed by atoms with Gasteiger partial charge in [-0.1, -0.05) is 19.3 Å². The number of amides is 1. The fourth-order valence-corrected chi connectivity index (χ4v) is 3.23. The molecule has 2 heterocycles. The van der Waals surface area contributed by atoms with Gasteiger partial charge in [-0.25, -0.2) is 4.98 Å². The summed E-state index contributed by atoms with van der Waals surface area (Å²) in [5.74, 6) is 0.0288. The molecule has 5 heteroatoms. The Labute approximate surface area is 104 Å². The topological polar surface area (TPSA) is 46.4 Å². The van der Waals surface area contributed by atoms with Crippen LogP contribution in [0, 0.1) is 0 Å². The molecule has 1 N–H and O–H groups in total. The van der Waals surface area contributed by atoms with Crippen molar-refractivity contribution in [1.82, 2.24) is 14.7 Å². The minimum Gasteiger partial charge on any atom is -0.348 e. The normalized spacial score (nSPS) is 17.4. The molecule has 1 aliphatic carbocycles. The van der Waals surface area contributed by atoms with Crippen molar-refractivity contribution in [1.29, 1.82) is 0 Å². The van der Waals surface area contributed by atoms with E-state index in [0.717, 1.165) is 17.8 Å². The third kappa shape index (κ3) is 2.07. The van der Waals surface area contributed by atoms with E-state index in [0.29, 0.717) is 11.7 Å². The first-order valence-electron chi connectivity index (χ1n) is 6.06. The van der Waals surface area contributed by atoms with Gasteiger partial charge in [0.05, 0.1) is 0 Å². The van der Waals surface area contributed by atoms with Gasteiger partial charge in [0.2, 0.25) is 0 Å². The molecule has 1 amide bonds. The van der Waals surface area contributed by atoms with Gasteiger partial charge in [-0.15, -0.1) is 11.3 Å². The van der Waals surface area contributed by atoms with E-state index in [1.165, 1.54) is 30.6 Å². The van der Waals surface area contributed by atoms with Crippen LogP contribution in [-0.2, 0) is 0 Å². The maximum Gasteiger partial charge on any atom is 0.269 e. The number of thiazole rings is 1. The highest BCUT2D eigenvalue weighted by Gasteiger charge is 2.18. The number of carbonyl (C=O) groups is 1. The molecule has 1 saturated carbocycles. The highest BCUT2D eigenvalue weighted by molar-refractivity contribution is 7.15. The summed E-state index contributed by atoms with van der Waals surface area (Å²) in [4.78, 5) is 17.2. The van der Waals surface area contributed by atoms with Crippen molar-refractivity contribution in [2.24, 2.45) is 0 Å². The first kappa shape index (κ1) is 10.8. The van der Waals surface area contributed by atoms with Gasteiger partial charge >= 0.3 is 0 Å². The number of hydrogen-bond donors (Lipinski definition) is 1. The third-order valence-corrected chi connectivity index (χ3v) is 4.17. The van der Waals surface area contributed by atoms with E-state index in [9.17, 15) is 4.79 Å². The number of hydrogen-bond acceptors (Lipinski definition) is 3. The number of rotatable bonds is 2. The quantitative estimate of drug-likeness (QED) is 0.888. The van der Waals surface area contributed by atoms with Gasteiger partial charge in [-0.05, 0) is 12.8 Å². The molecule has 1 fully saturated rings. The lowest BCUT2D eigenvalue weighted by Crippen LogP contribution is -2.36. The monoisotopic (exact) mass is 249 g/mol. The molecule has 1 aliphatic rings. The Kier molecular flexibility index (Phi) is 2.84. The summed E-state index contributed by atoms with van der Waals surface area (Å²) in [6.07, 6.45) is 9.55. The average molecular weight is 249 g/mol. The van der Waals surface area contributed by atoms with Crippen LogP contribution in [0.5, 0.6) is 0 Å². The fourth-order valence-electron chi connectivity index (χ4n) is 2.39. The lowest BCUT2D eigenvalue weighted by Gasteiger charge is -2.22. The highest BCUT2D eigenvalue weighted by atomic mass is 32.1. The maximum absolute atomic E-state index is 12.1. The van der Waals surface area contributed by atoms with Crippen molar-refractivity contribution >= 4 is 22.2 Å². The predicted molar refractivity (Wildman–Crippen MR) is 67.4 cm³/mol. The van der Waals surface area contributed by atoms with Gasteiger partial charge in [0.1, 0.15) is 5.69 Å². The molecule has 4 nitrogen and oxygen atoms in total. The zero-order valence-corrected chi connectivity index (χ0v) is 10.4. The molecule has 17 heavy (non-hydrogen) atoms. The number of fused-ring (bicyclic) bond motifs is 1. The number of aromatic nitrogens is 2. The van der Waals surface area contributed by atoms with Crippen LogP contribution in [0.2, 0.25) is 0 Å². The number of nitrogens with one attached hydrogen (secondary N) is 1. The van der Waals surface area contributed by atoms with Gasteiger partial charge in [-0.3, -0.25) is 9.20 Å². The first-order chi connectivity index (χ1) is 8.34. The zero-order valence-electron chi connectivity index (χ0n) is 9.56. The second kappa shape index (κ2) is 4.49. The van der Waals surface area contributed by atoms with Gasteiger partial charge in [0.25, 0.3) is 5.91 Å². The third-order valence-electron chi connectivity index (χ3n) is 3.32. The fraction of sp³-hybridized carbons (Fsp3) is 0.500. The van der Waals surface area contributed by atoms with E-state index in [1.807, 2.05) is 16.0 Å². The molecule has 0 spiro atoms. The van der Waals surface area contributed by atoms with E-state index < -0.39 is 0 Å². The van der Waals surface area contributed by atoms with Crippen LogP contribution in [-0.4, -0.2) is 21.3 Å². The Balaban J connectivity index is 1.75. The van der Waals surface area contributed by atoms with Gasteiger partial charge in [0, 0.05) is 23.8 Å². The highest BCUT2D eigenvalue weighted by Crippen LogP contribution is 2.19. The second-order valence-corrected chi connectivity index (χ2v) is 5.35. The van der Waals surface area contributed by atoms with Crippen molar-refractivity contribution in [2.45, 2.75) is 38.1 Å². The predicted octanol–water partition coefficient (Wildman–Crippen LogP) is 2.46. The van der Waals surface area contributed by atoms with E-state index in [2.05, 4.69) is 10.3 Å². The number of carbonyl (C=O) groups excluding carboxylic acids is 1. The zero-order chi connectivity index (χ0) is 11.7. The van der Waals surface area contributed by atoms with Crippen molar-refractivity contribution < 1.29 is 4.79 Å². The average Bonchev–Trinajstić information content (AvgIpc) is 2.91. The molecule has 0 aliphatic heterocycles. The standard InChI is InChI=1S/C12H15N3OS/c16-11(14-9-4-2-1-3-5-9)10-8-17-12-13-6-7-15(10)12/h6-9H,1-5H2,(H,14,16). The van der Waals surface area contributed by atoms with E-state index >= 15 is 0 Å². The summed E-state index contributed by atoms with van der Waals surface area (Å²) in [5.41, 5.74) is 0.702. The van der Waals surface area contributed by atoms with E-state index in [4.69, 9.17) is 0 Å². The van der Waals surface area contributed by atoms with Crippen LogP contribution in [0.4, 0.5) is 0 Å². The van der Waals surface area contributed by atoms with E-state index in [-0.39, 0.29) is 5.91 Å². The van der Waals surface area contributed by atoms with E-state index in [1.54, 1.807) is 6.20 Å². The molecule has 0 saturated heterocycles. The molecular weight excluding hydrogens is 234 g/mol. The number of nitrogens with zero attached hydrogens (tertiary/aromatic N) is 2. The molecule has 0 bridgehead atoms.